The Morgan fingerprint density at radius 1 is 1.27 bits per heavy atom. The number of nitrogens with one attached hydrogen (secondary N) is 1. The molecule has 7 heteroatoms. The highest BCUT2D eigenvalue weighted by Crippen LogP contribution is 2.29. The summed E-state index contributed by atoms with van der Waals surface area (Å²) in [4.78, 5) is 31.3. The van der Waals surface area contributed by atoms with Crippen molar-refractivity contribution in [2.24, 2.45) is 0 Å². The van der Waals surface area contributed by atoms with Gasteiger partial charge in [0.15, 0.2) is 0 Å². The molecule has 7 nitrogen and oxygen atoms in total. The number of carbonyl (C=O) groups is 2. The van der Waals surface area contributed by atoms with Crippen molar-refractivity contribution >= 4 is 12.0 Å². The normalized spacial score (nSPS) is 23.5. The molecule has 0 atom stereocenters. The molecule has 0 radical (unpaired) electrons. The van der Waals surface area contributed by atoms with Gasteiger partial charge in [-0.2, -0.15) is 0 Å². The quantitative estimate of drug-likeness (QED) is 0.809. The van der Waals surface area contributed by atoms with E-state index in [1.807, 2.05) is 29.1 Å². The molecule has 1 aliphatic heterocycles. The molecule has 1 aromatic rings. The highest BCUT2D eigenvalue weighted by molar-refractivity contribution is 5.74. The van der Waals surface area contributed by atoms with Crippen molar-refractivity contribution in [1.29, 1.82) is 0 Å². The number of rotatable bonds is 6. The van der Waals surface area contributed by atoms with Gasteiger partial charge in [0.05, 0.1) is 6.54 Å². The molecule has 26 heavy (non-hydrogen) atoms. The number of urea groups is 1. The summed E-state index contributed by atoms with van der Waals surface area (Å²) in [6, 6.07) is 4.56. The third-order valence-electron chi connectivity index (χ3n) is 5.66. The Labute approximate surface area is 154 Å². The van der Waals surface area contributed by atoms with Crippen LogP contribution in [0.3, 0.4) is 0 Å². The van der Waals surface area contributed by atoms with Crippen LogP contribution in [0.1, 0.15) is 44.1 Å². The smallest absolute Gasteiger partial charge is 0.317 e. The molecule has 2 N–H and O–H groups in total. The summed E-state index contributed by atoms with van der Waals surface area (Å²) < 4.78 is 0. The number of amides is 2. The molecule has 2 amide bonds. The van der Waals surface area contributed by atoms with Gasteiger partial charge in [-0.05, 0) is 55.8 Å². The Kier molecular flexibility index (Phi) is 6.08. The number of carboxylic acid groups (broad SMARTS) is 1. The van der Waals surface area contributed by atoms with Crippen molar-refractivity contribution < 1.29 is 14.7 Å². The summed E-state index contributed by atoms with van der Waals surface area (Å²) in [5.41, 5.74) is 1.31. The number of hydrogen-bond acceptors (Lipinski definition) is 4. The Morgan fingerprint density at radius 2 is 1.92 bits per heavy atom. The number of carbonyl (C=O) groups excluding carboxylic acids is 1. The van der Waals surface area contributed by atoms with Gasteiger partial charge in [-0.1, -0.05) is 6.92 Å². The van der Waals surface area contributed by atoms with E-state index in [2.05, 4.69) is 22.4 Å². The minimum absolute atomic E-state index is 0.0166. The van der Waals surface area contributed by atoms with Crippen molar-refractivity contribution in [3.05, 3.63) is 30.1 Å². The second-order valence-corrected chi connectivity index (χ2v) is 7.27. The number of aromatic nitrogens is 1. The fourth-order valence-corrected chi connectivity index (χ4v) is 3.99. The molecule has 1 aromatic heterocycles. The Morgan fingerprint density at radius 3 is 2.50 bits per heavy atom. The largest absolute Gasteiger partial charge is 0.480 e. The lowest BCUT2D eigenvalue weighted by Gasteiger charge is -2.43. The van der Waals surface area contributed by atoms with Gasteiger partial charge in [-0.15, -0.1) is 0 Å². The van der Waals surface area contributed by atoms with Gasteiger partial charge in [-0.3, -0.25) is 14.7 Å². The molecule has 2 fully saturated rings. The van der Waals surface area contributed by atoms with E-state index < -0.39 is 5.97 Å². The van der Waals surface area contributed by atoms with Crippen LogP contribution in [0.2, 0.25) is 0 Å². The molecule has 2 aliphatic rings. The van der Waals surface area contributed by atoms with Crippen molar-refractivity contribution in [2.75, 3.05) is 26.2 Å². The molecular weight excluding hydrogens is 332 g/mol. The van der Waals surface area contributed by atoms with Gasteiger partial charge in [-0.25, -0.2) is 4.79 Å². The van der Waals surface area contributed by atoms with E-state index in [4.69, 9.17) is 5.11 Å². The topological polar surface area (TPSA) is 85.8 Å². The number of likely N-dealkylation sites (N-methyl/N-ethyl adjacent to an activating group) is 1. The second kappa shape index (κ2) is 8.49. The first-order valence-electron chi connectivity index (χ1n) is 9.48. The minimum atomic E-state index is -0.795. The maximum atomic E-state index is 12.5. The molecule has 0 unspecified atom stereocenters. The SMILES string of the molecule is CCN(CC(=O)O)C1CC(NC(=O)N2CCC(c3ccncc3)CC2)C1. The molecule has 1 saturated heterocycles. The highest BCUT2D eigenvalue weighted by atomic mass is 16.4. The highest BCUT2D eigenvalue weighted by Gasteiger charge is 2.35. The average Bonchev–Trinajstić information content (AvgIpc) is 2.63. The van der Waals surface area contributed by atoms with Crippen LogP contribution >= 0.6 is 0 Å². The molecule has 1 saturated carbocycles. The van der Waals surface area contributed by atoms with Crippen molar-refractivity contribution in [1.82, 2.24) is 20.1 Å². The molecule has 0 bridgehead atoms. The van der Waals surface area contributed by atoms with Crippen LogP contribution in [0.25, 0.3) is 0 Å². The number of aliphatic carboxylic acids is 1. The van der Waals surface area contributed by atoms with Gasteiger partial charge in [0.1, 0.15) is 0 Å². The van der Waals surface area contributed by atoms with Crippen LogP contribution in [-0.2, 0) is 4.79 Å². The van der Waals surface area contributed by atoms with Gasteiger partial charge >= 0.3 is 12.0 Å². The lowest BCUT2D eigenvalue weighted by Crippen LogP contribution is -2.57. The van der Waals surface area contributed by atoms with Crippen molar-refractivity contribution in [3.63, 3.8) is 0 Å². The Hall–Kier alpha value is -2.15. The standard InChI is InChI=1S/C19H28N4O3/c1-2-22(13-18(24)25)17-11-16(12-17)21-19(26)23-9-5-15(6-10-23)14-3-7-20-8-4-14/h3-4,7-8,15-17H,2,5-6,9-13H2,1H3,(H,21,26)(H,24,25). The molecule has 0 aromatic carbocycles. The second-order valence-electron chi connectivity index (χ2n) is 7.27. The van der Waals surface area contributed by atoms with Crippen LogP contribution in [0, 0.1) is 0 Å². The van der Waals surface area contributed by atoms with Crippen LogP contribution in [0.4, 0.5) is 4.79 Å². The first kappa shape index (κ1) is 18.6. The maximum absolute atomic E-state index is 12.5. The lowest BCUT2D eigenvalue weighted by molar-refractivity contribution is -0.139. The van der Waals surface area contributed by atoms with Crippen molar-refractivity contribution in [3.8, 4) is 0 Å². The van der Waals surface area contributed by atoms with E-state index in [0.717, 1.165) is 45.3 Å². The van der Waals surface area contributed by atoms with Gasteiger partial charge in [0.2, 0.25) is 0 Å². The number of hydrogen-bond donors (Lipinski definition) is 2. The summed E-state index contributed by atoms with van der Waals surface area (Å²) in [5.74, 6) is -0.291. The van der Waals surface area contributed by atoms with E-state index in [1.165, 1.54) is 5.56 Å². The zero-order valence-corrected chi connectivity index (χ0v) is 15.3. The number of piperidine rings is 1. The molecule has 3 rings (SSSR count). The number of likely N-dealkylation sites (tertiary alicyclic amines) is 1. The zero-order chi connectivity index (χ0) is 18.5. The van der Waals surface area contributed by atoms with E-state index in [1.54, 1.807) is 0 Å². The Balaban J connectivity index is 1.40. The molecule has 0 spiro atoms. The van der Waals surface area contributed by atoms with E-state index >= 15 is 0 Å². The first-order valence-corrected chi connectivity index (χ1v) is 9.48. The van der Waals surface area contributed by atoms with Gasteiger partial charge < -0.3 is 15.3 Å². The van der Waals surface area contributed by atoms with Crippen LogP contribution in [0.15, 0.2) is 24.5 Å². The van der Waals surface area contributed by atoms with E-state index in [0.29, 0.717) is 5.92 Å². The molecule has 1 aliphatic carbocycles. The summed E-state index contributed by atoms with van der Waals surface area (Å²) in [6.45, 7) is 4.32. The van der Waals surface area contributed by atoms with Crippen LogP contribution in [0.5, 0.6) is 0 Å². The predicted molar refractivity (Wildman–Crippen MR) is 98.0 cm³/mol. The Bertz CT molecular complexity index is 610. The summed E-state index contributed by atoms with van der Waals surface area (Å²) in [6.07, 6.45) is 7.28. The summed E-state index contributed by atoms with van der Waals surface area (Å²) >= 11 is 0. The van der Waals surface area contributed by atoms with Crippen molar-refractivity contribution in [2.45, 2.75) is 50.6 Å². The van der Waals surface area contributed by atoms with E-state index in [9.17, 15) is 9.59 Å². The summed E-state index contributed by atoms with van der Waals surface area (Å²) in [5, 5.41) is 12.1. The monoisotopic (exact) mass is 360 g/mol. The van der Waals surface area contributed by atoms with Gasteiger partial charge in [0, 0.05) is 37.6 Å². The molecule has 2 heterocycles. The molecule has 142 valence electrons. The summed E-state index contributed by atoms with van der Waals surface area (Å²) in [7, 11) is 0. The average molecular weight is 360 g/mol. The fourth-order valence-electron chi connectivity index (χ4n) is 3.99. The molecular formula is C19H28N4O3. The lowest BCUT2D eigenvalue weighted by atomic mass is 9.85. The van der Waals surface area contributed by atoms with Crippen LogP contribution < -0.4 is 5.32 Å². The maximum Gasteiger partial charge on any atom is 0.317 e. The number of nitrogens with zero attached hydrogens (tertiary/aromatic N) is 3. The minimum Gasteiger partial charge on any atom is -0.480 e. The predicted octanol–water partition coefficient (Wildman–Crippen LogP) is 1.91. The zero-order valence-electron chi connectivity index (χ0n) is 15.3. The third kappa shape index (κ3) is 4.52. The van der Waals surface area contributed by atoms with E-state index in [-0.39, 0.29) is 24.7 Å². The number of pyridine rings is 1. The first-order chi connectivity index (χ1) is 12.6. The van der Waals surface area contributed by atoms with Crippen LogP contribution in [-0.4, -0.2) is 70.2 Å². The fraction of sp³-hybridized carbons (Fsp3) is 0.632. The van der Waals surface area contributed by atoms with Gasteiger partial charge in [0.25, 0.3) is 0 Å². The third-order valence-corrected chi connectivity index (χ3v) is 5.66. The number of carboxylic acids is 1.